The SMILES string of the molecule is CC(C)(CCl)C(=O)NCCc1c[nH]c2cc(OCc3ccccc3)ccc12. The molecule has 3 rings (SSSR count). The number of amides is 1. The lowest BCUT2D eigenvalue weighted by molar-refractivity contribution is -0.128. The Morgan fingerprint density at radius 3 is 2.70 bits per heavy atom. The summed E-state index contributed by atoms with van der Waals surface area (Å²) < 4.78 is 5.88. The van der Waals surface area contributed by atoms with Gasteiger partial charge in [-0.1, -0.05) is 30.3 Å². The summed E-state index contributed by atoms with van der Waals surface area (Å²) in [5.74, 6) is 1.11. The van der Waals surface area contributed by atoms with Crippen molar-refractivity contribution in [2.75, 3.05) is 12.4 Å². The lowest BCUT2D eigenvalue weighted by Gasteiger charge is -2.20. The van der Waals surface area contributed by atoms with Gasteiger partial charge in [-0.3, -0.25) is 4.79 Å². The number of hydrogen-bond acceptors (Lipinski definition) is 2. The van der Waals surface area contributed by atoms with Crippen LogP contribution in [-0.2, 0) is 17.8 Å². The first kappa shape index (κ1) is 19.3. The number of nitrogens with one attached hydrogen (secondary N) is 2. The molecule has 0 bridgehead atoms. The second-order valence-electron chi connectivity index (χ2n) is 7.32. The van der Waals surface area contributed by atoms with Gasteiger partial charge in [0.2, 0.25) is 5.91 Å². The van der Waals surface area contributed by atoms with Gasteiger partial charge in [-0.15, -0.1) is 11.6 Å². The van der Waals surface area contributed by atoms with Crippen molar-refractivity contribution in [3.63, 3.8) is 0 Å². The van der Waals surface area contributed by atoms with Gasteiger partial charge in [0.25, 0.3) is 0 Å². The highest BCUT2D eigenvalue weighted by atomic mass is 35.5. The van der Waals surface area contributed by atoms with Crippen LogP contribution >= 0.6 is 11.6 Å². The van der Waals surface area contributed by atoms with Crippen LogP contribution in [0, 0.1) is 5.41 Å². The number of halogens is 1. The summed E-state index contributed by atoms with van der Waals surface area (Å²) in [4.78, 5) is 15.4. The molecular weight excluding hydrogens is 360 g/mol. The van der Waals surface area contributed by atoms with Gasteiger partial charge in [0.15, 0.2) is 0 Å². The molecule has 0 spiro atoms. The molecule has 0 unspecified atom stereocenters. The Morgan fingerprint density at radius 2 is 1.96 bits per heavy atom. The molecule has 0 saturated carbocycles. The molecule has 0 fully saturated rings. The third-order valence-electron chi connectivity index (χ3n) is 4.62. The van der Waals surface area contributed by atoms with Gasteiger partial charge in [-0.25, -0.2) is 0 Å². The van der Waals surface area contributed by atoms with Crippen LogP contribution in [0.25, 0.3) is 10.9 Å². The number of carbonyl (C=O) groups is 1. The summed E-state index contributed by atoms with van der Waals surface area (Å²) >= 11 is 5.85. The lowest BCUT2D eigenvalue weighted by Crippen LogP contribution is -2.39. The predicted molar refractivity (Wildman–Crippen MR) is 110 cm³/mol. The van der Waals surface area contributed by atoms with E-state index in [1.54, 1.807) is 0 Å². The summed E-state index contributed by atoms with van der Waals surface area (Å²) in [6.45, 7) is 4.82. The van der Waals surface area contributed by atoms with Crippen LogP contribution in [-0.4, -0.2) is 23.3 Å². The van der Waals surface area contributed by atoms with Gasteiger partial charge >= 0.3 is 0 Å². The lowest BCUT2D eigenvalue weighted by atomic mass is 9.95. The minimum atomic E-state index is -0.549. The van der Waals surface area contributed by atoms with E-state index in [1.165, 1.54) is 5.56 Å². The molecule has 0 aliphatic rings. The molecule has 27 heavy (non-hydrogen) atoms. The molecule has 142 valence electrons. The summed E-state index contributed by atoms with van der Waals surface area (Å²) in [5.41, 5.74) is 2.79. The van der Waals surface area contributed by atoms with Gasteiger partial charge in [0.05, 0.1) is 5.41 Å². The van der Waals surface area contributed by atoms with Crippen LogP contribution < -0.4 is 10.1 Å². The first-order valence-electron chi connectivity index (χ1n) is 9.10. The van der Waals surface area contributed by atoms with Crippen molar-refractivity contribution in [1.29, 1.82) is 0 Å². The maximum atomic E-state index is 12.1. The third-order valence-corrected chi connectivity index (χ3v) is 5.28. The number of aromatic amines is 1. The Bertz CT molecular complexity index is 903. The molecule has 2 N–H and O–H groups in total. The van der Waals surface area contributed by atoms with Gasteiger partial charge in [-0.2, -0.15) is 0 Å². The second-order valence-corrected chi connectivity index (χ2v) is 7.59. The van der Waals surface area contributed by atoms with Crippen molar-refractivity contribution in [2.24, 2.45) is 5.41 Å². The molecule has 1 aromatic heterocycles. The fraction of sp³-hybridized carbons (Fsp3) is 0.318. The van der Waals surface area contributed by atoms with Gasteiger partial charge in [-0.05, 0) is 43.5 Å². The topological polar surface area (TPSA) is 54.1 Å². The molecule has 4 nitrogen and oxygen atoms in total. The minimum absolute atomic E-state index is 0.0195. The Morgan fingerprint density at radius 1 is 1.19 bits per heavy atom. The first-order valence-corrected chi connectivity index (χ1v) is 9.64. The van der Waals surface area contributed by atoms with Gasteiger partial charge in [0.1, 0.15) is 12.4 Å². The van der Waals surface area contributed by atoms with Crippen LogP contribution in [0.4, 0.5) is 0 Å². The number of carbonyl (C=O) groups excluding carboxylic acids is 1. The van der Waals surface area contributed by atoms with Crippen LogP contribution in [0.2, 0.25) is 0 Å². The number of benzene rings is 2. The van der Waals surface area contributed by atoms with Crippen molar-refractivity contribution >= 4 is 28.4 Å². The van der Waals surface area contributed by atoms with Crippen molar-refractivity contribution in [3.8, 4) is 5.75 Å². The number of hydrogen-bond donors (Lipinski definition) is 2. The van der Waals surface area contributed by atoms with E-state index in [0.717, 1.165) is 28.6 Å². The number of ether oxygens (including phenoxy) is 1. The fourth-order valence-corrected chi connectivity index (χ4v) is 2.93. The van der Waals surface area contributed by atoms with E-state index >= 15 is 0 Å². The van der Waals surface area contributed by atoms with E-state index in [0.29, 0.717) is 19.0 Å². The number of alkyl halides is 1. The summed E-state index contributed by atoms with van der Waals surface area (Å²) in [6, 6.07) is 16.2. The monoisotopic (exact) mass is 384 g/mol. The quantitative estimate of drug-likeness (QED) is 0.554. The van der Waals surface area contributed by atoms with Crippen molar-refractivity contribution in [3.05, 3.63) is 65.9 Å². The molecule has 1 heterocycles. The van der Waals surface area contributed by atoms with Crippen LogP contribution in [0.15, 0.2) is 54.7 Å². The third kappa shape index (κ3) is 4.83. The summed E-state index contributed by atoms with van der Waals surface area (Å²) in [7, 11) is 0. The molecular formula is C22H25ClN2O2. The molecule has 3 aromatic rings. The average Bonchev–Trinajstić information content (AvgIpc) is 3.09. The summed E-state index contributed by atoms with van der Waals surface area (Å²) in [5, 5.41) is 4.11. The van der Waals surface area contributed by atoms with E-state index in [4.69, 9.17) is 16.3 Å². The number of fused-ring (bicyclic) bond motifs is 1. The predicted octanol–water partition coefficient (Wildman–Crippen LogP) is 4.67. The zero-order valence-corrected chi connectivity index (χ0v) is 16.5. The van der Waals surface area contributed by atoms with E-state index in [-0.39, 0.29) is 5.91 Å². The Hall–Kier alpha value is -2.46. The van der Waals surface area contributed by atoms with Crippen LogP contribution in [0.1, 0.15) is 25.0 Å². The van der Waals surface area contributed by atoms with Crippen LogP contribution in [0.5, 0.6) is 5.75 Å². The second kappa shape index (κ2) is 8.49. The van der Waals surface area contributed by atoms with Gasteiger partial charge in [0, 0.05) is 35.6 Å². The van der Waals surface area contributed by atoms with E-state index in [1.807, 2.05) is 62.5 Å². The van der Waals surface area contributed by atoms with E-state index in [2.05, 4.69) is 16.4 Å². The number of aromatic nitrogens is 1. The van der Waals surface area contributed by atoms with Crippen LogP contribution in [0.3, 0.4) is 0 Å². The molecule has 0 atom stereocenters. The number of H-pyrrole nitrogens is 1. The highest BCUT2D eigenvalue weighted by Gasteiger charge is 2.25. The molecule has 2 aromatic carbocycles. The smallest absolute Gasteiger partial charge is 0.226 e. The Kier molecular flexibility index (Phi) is 6.07. The van der Waals surface area contributed by atoms with Crippen molar-refractivity contribution in [2.45, 2.75) is 26.9 Å². The normalized spacial score (nSPS) is 11.5. The number of rotatable bonds is 8. The fourth-order valence-electron chi connectivity index (χ4n) is 2.81. The van der Waals surface area contributed by atoms with E-state index in [9.17, 15) is 4.79 Å². The highest BCUT2D eigenvalue weighted by Crippen LogP contribution is 2.24. The average molecular weight is 385 g/mol. The zero-order valence-electron chi connectivity index (χ0n) is 15.7. The Balaban J connectivity index is 1.59. The molecule has 0 aliphatic heterocycles. The highest BCUT2D eigenvalue weighted by molar-refractivity contribution is 6.19. The maximum absolute atomic E-state index is 12.1. The molecule has 0 radical (unpaired) electrons. The standard InChI is InChI=1S/C22H25ClN2O2/c1-22(2,15-23)21(26)24-11-10-17-13-25-20-12-18(8-9-19(17)20)27-14-16-6-4-3-5-7-16/h3-9,12-13,25H,10-11,14-15H2,1-2H3,(H,24,26). The molecule has 0 saturated heterocycles. The maximum Gasteiger partial charge on any atom is 0.226 e. The largest absolute Gasteiger partial charge is 0.489 e. The summed E-state index contributed by atoms with van der Waals surface area (Å²) in [6.07, 6.45) is 2.75. The molecule has 5 heteroatoms. The zero-order chi connectivity index (χ0) is 19.3. The Labute approximate surface area is 164 Å². The first-order chi connectivity index (χ1) is 13.0. The molecule has 0 aliphatic carbocycles. The van der Waals surface area contributed by atoms with Gasteiger partial charge < -0.3 is 15.0 Å². The van der Waals surface area contributed by atoms with Crippen molar-refractivity contribution < 1.29 is 9.53 Å². The van der Waals surface area contributed by atoms with Crippen molar-refractivity contribution in [1.82, 2.24) is 10.3 Å². The minimum Gasteiger partial charge on any atom is -0.489 e. The molecule has 1 amide bonds. The van der Waals surface area contributed by atoms with E-state index < -0.39 is 5.41 Å².